The van der Waals surface area contributed by atoms with Gasteiger partial charge in [0.25, 0.3) is 0 Å². The second kappa shape index (κ2) is 11.1. The normalized spacial score (nSPS) is 15.0. The van der Waals surface area contributed by atoms with E-state index >= 15 is 0 Å². The molecule has 1 atom stereocenters. The Kier molecular flexibility index (Phi) is 8.88. The van der Waals surface area contributed by atoms with Gasteiger partial charge in [-0.2, -0.15) is 0 Å². The summed E-state index contributed by atoms with van der Waals surface area (Å²) in [5.41, 5.74) is 3.33. The fourth-order valence-corrected chi connectivity index (χ4v) is 3.34. The minimum atomic E-state index is 0. The molecule has 1 unspecified atom stereocenters. The molecule has 0 aromatic heterocycles. The van der Waals surface area contributed by atoms with Crippen LogP contribution in [0.5, 0.6) is 17.2 Å². The minimum Gasteiger partial charge on any atom is -0.496 e. The summed E-state index contributed by atoms with van der Waals surface area (Å²) < 4.78 is 17.2. The largest absolute Gasteiger partial charge is 0.496 e. The smallest absolute Gasteiger partial charge is 0.191 e. The first-order chi connectivity index (χ1) is 13.6. The van der Waals surface area contributed by atoms with E-state index in [0.29, 0.717) is 25.7 Å². The molecule has 0 fully saturated rings. The zero-order valence-corrected chi connectivity index (χ0v) is 19.8. The van der Waals surface area contributed by atoms with E-state index < -0.39 is 0 Å². The average Bonchev–Trinajstić information content (AvgIpc) is 3.07. The van der Waals surface area contributed by atoms with Gasteiger partial charge in [0.1, 0.15) is 23.4 Å². The highest BCUT2D eigenvalue weighted by atomic mass is 127. The molecule has 0 aliphatic carbocycles. The zero-order valence-electron chi connectivity index (χ0n) is 17.5. The van der Waals surface area contributed by atoms with Crippen LogP contribution in [0.15, 0.2) is 41.4 Å². The monoisotopic (exact) mass is 511 g/mol. The molecule has 0 saturated heterocycles. The molecule has 6 nitrogen and oxygen atoms in total. The van der Waals surface area contributed by atoms with Crippen LogP contribution in [0.1, 0.15) is 30.5 Å². The number of ether oxygens (including phenoxy) is 3. The lowest BCUT2D eigenvalue weighted by Gasteiger charge is -2.16. The van der Waals surface area contributed by atoms with Crippen LogP contribution >= 0.6 is 24.0 Å². The van der Waals surface area contributed by atoms with Gasteiger partial charge in [0, 0.05) is 43.2 Å². The van der Waals surface area contributed by atoms with Crippen LogP contribution < -0.4 is 24.8 Å². The van der Waals surface area contributed by atoms with Gasteiger partial charge < -0.3 is 24.8 Å². The number of guanidine groups is 1. The standard InChI is InChI=1S/C22H29N3O3.HI/c1-5-27-20-11-17-10-15(2)28-21(17)12-18(20)14-25-22(23-3)24-13-16-8-6-7-9-19(16)26-4;/h6-9,11-12,15H,5,10,13-14H2,1-4H3,(H2,23,24,25);1H. The number of rotatable bonds is 7. The van der Waals surface area contributed by atoms with Gasteiger partial charge in [-0.15, -0.1) is 24.0 Å². The predicted molar refractivity (Wildman–Crippen MR) is 127 cm³/mol. The van der Waals surface area contributed by atoms with Gasteiger partial charge in [-0.25, -0.2) is 0 Å². The highest BCUT2D eigenvalue weighted by molar-refractivity contribution is 14.0. The van der Waals surface area contributed by atoms with Crippen LogP contribution in [-0.4, -0.2) is 32.8 Å². The van der Waals surface area contributed by atoms with E-state index in [0.717, 1.165) is 34.8 Å². The van der Waals surface area contributed by atoms with Crippen molar-refractivity contribution >= 4 is 29.9 Å². The first-order valence-electron chi connectivity index (χ1n) is 9.66. The fraction of sp³-hybridized carbons (Fsp3) is 0.409. The lowest BCUT2D eigenvalue weighted by Crippen LogP contribution is -2.36. The summed E-state index contributed by atoms with van der Waals surface area (Å²) in [5.74, 6) is 3.41. The molecule has 0 bridgehead atoms. The summed E-state index contributed by atoms with van der Waals surface area (Å²) in [5, 5.41) is 6.69. The lowest BCUT2D eigenvalue weighted by atomic mass is 10.1. The second-order valence-corrected chi connectivity index (χ2v) is 6.72. The topological polar surface area (TPSA) is 64.1 Å². The second-order valence-electron chi connectivity index (χ2n) is 6.72. The summed E-state index contributed by atoms with van der Waals surface area (Å²) in [6, 6.07) is 12.1. The van der Waals surface area contributed by atoms with E-state index in [4.69, 9.17) is 14.2 Å². The van der Waals surface area contributed by atoms with Crippen molar-refractivity contribution in [2.45, 2.75) is 39.5 Å². The number of benzene rings is 2. The van der Waals surface area contributed by atoms with Crippen LogP contribution in [0, 0.1) is 0 Å². The third kappa shape index (κ3) is 5.91. The van der Waals surface area contributed by atoms with Crippen molar-refractivity contribution in [1.82, 2.24) is 10.6 Å². The Morgan fingerprint density at radius 2 is 1.86 bits per heavy atom. The van der Waals surface area contributed by atoms with Crippen molar-refractivity contribution in [3.8, 4) is 17.2 Å². The quantitative estimate of drug-likeness (QED) is 0.336. The Morgan fingerprint density at radius 1 is 1.14 bits per heavy atom. The van der Waals surface area contributed by atoms with Crippen LogP contribution in [0.3, 0.4) is 0 Å². The van der Waals surface area contributed by atoms with Crippen molar-refractivity contribution in [3.63, 3.8) is 0 Å². The SMILES string of the molecule is CCOc1cc2c(cc1CNC(=NC)NCc1ccccc1OC)OC(C)C2.I. The van der Waals surface area contributed by atoms with Crippen molar-refractivity contribution in [2.75, 3.05) is 20.8 Å². The molecular formula is C22H30IN3O3. The Bertz CT molecular complexity index is 842. The molecule has 7 heteroatoms. The fourth-order valence-electron chi connectivity index (χ4n) is 3.34. The van der Waals surface area contributed by atoms with Crippen molar-refractivity contribution in [2.24, 2.45) is 4.99 Å². The molecule has 1 aliphatic rings. The first kappa shape index (κ1) is 23.1. The number of hydrogen-bond donors (Lipinski definition) is 2. The van der Waals surface area contributed by atoms with Crippen molar-refractivity contribution in [1.29, 1.82) is 0 Å². The maximum Gasteiger partial charge on any atom is 0.191 e. The summed E-state index contributed by atoms with van der Waals surface area (Å²) in [6.07, 6.45) is 1.13. The third-order valence-electron chi connectivity index (χ3n) is 4.69. The van der Waals surface area contributed by atoms with Crippen molar-refractivity contribution in [3.05, 3.63) is 53.1 Å². The molecule has 0 saturated carbocycles. The van der Waals surface area contributed by atoms with Gasteiger partial charge in [-0.1, -0.05) is 18.2 Å². The van der Waals surface area contributed by atoms with Crippen LogP contribution in [0.2, 0.25) is 0 Å². The van der Waals surface area contributed by atoms with E-state index in [1.807, 2.05) is 31.2 Å². The predicted octanol–water partition coefficient (Wildman–Crippen LogP) is 3.90. The van der Waals surface area contributed by atoms with Crippen LogP contribution in [0.4, 0.5) is 0 Å². The molecule has 2 N–H and O–H groups in total. The Hall–Kier alpha value is -2.16. The van der Waals surface area contributed by atoms with Gasteiger partial charge in [0.05, 0.1) is 13.7 Å². The molecule has 158 valence electrons. The van der Waals surface area contributed by atoms with E-state index in [1.54, 1.807) is 14.2 Å². The van der Waals surface area contributed by atoms with Crippen LogP contribution in [-0.2, 0) is 19.5 Å². The van der Waals surface area contributed by atoms with Crippen molar-refractivity contribution < 1.29 is 14.2 Å². The molecule has 1 heterocycles. The number of nitrogens with one attached hydrogen (secondary N) is 2. The number of methoxy groups -OCH3 is 1. The molecule has 3 rings (SSSR count). The molecule has 2 aromatic rings. The molecule has 0 spiro atoms. The average molecular weight is 511 g/mol. The molecule has 2 aromatic carbocycles. The molecule has 1 aliphatic heterocycles. The number of para-hydroxylation sites is 1. The van der Waals surface area contributed by atoms with E-state index in [-0.39, 0.29) is 30.1 Å². The maximum absolute atomic E-state index is 5.90. The summed E-state index contributed by atoms with van der Waals surface area (Å²) in [6.45, 7) is 5.92. The number of fused-ring (bicyclic) bond motifs is 1. The highest BCUT2D eigenvalue weighted by Gasteiger charge is 2.21. The van der Waals surface area contributed by atoms with Crippen LogP contribution in [0.25, 0.3) is 0 Å². The number of aliphatic imine (C=N–C) groups is 1. The van der Waals surface area contributed by atoms with Gasteiger partial charge in [-0.3, -0.25) is 4.99 Å². The highest BCUT2D eigenvalue weighted by Crippen LogP contribution is 2.35. The molecule has 0 radical (unpaired) electrons. The number of nitrogens with zero attached hydrogens (tertiary/aromatic N) is 1. The van der Waals surface area contributed by atoms with Gasteiger partial charge in [-0.05, 0) is 32.0 Å². The Morgan fingerprint density at radius 3 is 2.55 bits per heavy atom. The summed E-state index contributed by atoms with van der Waals surface area (Å²) in [4.78, 5) is 4.32. The number of halogens is 1. The third-order valence-corrected chi connectivity index (χ3v) is 4.69. The number of hydrogen-bond acceptors (Lipinski definition) is 4. The van der Waals surface area contributed by atoms with Gasteiger partial charge >= 0.3 is 0 Å². The molecular weight excluding hydrogens is 481 g/mol. The van der Waals surface area contributed by atoms with Gasteiger partial charge in [0.15, 0.2) is 5.96 Å². The minimum absolute atomic E-state index is 0. The Balaban J connectivity index is 0.00000300. The Labute approximate surface area is 190 Å². The van der Waals surface area contributed by atoms with E-state index in [9.17, 15) is 0 Å². The molecule has 29 heavy (non-hydrogen) atoms. The van der Waals surface area contributed by atoms with Gasteiger partial charge in [0.2, 0.25) is 0 Å². The zero-order chi connectivity index (χ0) is 19.9. The maximum atomic E-state index is 5.90. The first-order valence-corrected chi connectivity index (χ1v) is 9.66. The van der Waals surface area contributed by atoms with E-state index in [1.165, 1.54) is 5.56 Å². The molecule has 0 amide bonds. The van der Waals surface area contributed by atoms with E-state index in [2.05, 4.69) is 34.7 Å². The summed E-state index contributed by atoms with van der Waals surface area (Å²) >= 11 is 0. The summed E-state index contributed by atoms with van der Waals surface area (Å²) in [7, 11) is 3.44. The lowest BCUT2D eigenvalue weighted by molar-refractivity contribution is 0.254.